The van der Waals surface area contributed by atoms with Crippen LogP contribution >= 0.6 is 0 Å². The molecule has 0 aliphatic carbocycles. The van der Waals surface area contributed by atoms with Crippen LogP contribution in [0.25, 0.3) is 0 Å². The highest BCUT2D eigenvalue weighted by molar-refractivity contribution is 5.94. The monoisotopic (exact) mass is 403 g/mol. The van der Waals surface area contributed by atoms with Crippen LogP contribution < -0.4 is 4.74 Å². The summed E-state index contributed by atoms with van der Waals surface area (Å²) in [5.74, 6) is 0.442. The third kappa shape index (κ3) is 5.38. The number of hydrogen-bond donors (Lipinski definition) is 0. The van der Waals surface area contributed by atoms with Crippen molar-refractivity contribution in [3.8, 4) is 5.88 Å². The lowest BCUT2D eigenvalue weighted by molar-refractivity contribution is 0.0773. The molecule has 0 aromatic carbocycles. The van der Waals surface area contributed by atoms with E-state index in [2.05, 4.69) is 9.88 Å². The predicted octanol–water partition coefficient (Wildman–Crippen LogP) is 1.77. The van der Waals surface area contributed by atoms with Crippen molar-refractivity contribution in [3.05, 3.63) is 23.9 Å². The van der Waals surface area contributed by atoms with Crippen molar-refractivity contribution in [2.24, 2.45) is 0 Å². The fraction of sp³-hybridized carbons (Fsp3) is 0.667. The lowest BCUT2D eigenvalue weighted by atomic mass is 10.1. The smallest absolute Gasteiger partial charge is 0.319 e. The van der Waals surface area contributed by atoms with Crippen molar-refractivity contribution in [2.45, 2.75) is 31.7 Å². The molecule has 2 aliphatic heterocycles. The molecule has 8 heteroatoms. The van der Waals surface area contributed by atoms with Crippen LogP contribution in [0.2, 0.25) is 0 Å². The summed E-state index contributed by atoms with van der Waals surface area (Å²) in [5, 5.41) is 0. The van der Waals surface area contributed by atoms with E-state index in [4.69, 9.17) is 4.74 Å². The Balaban J connectivity index is 1.62. The van der Waals surface area contributed by atoms with Gasteiger partial charge in [0.05, 0.1) is 18.7 Å². The van der Waals surface area contributed by atoms with Gasteiger partial charge in [-0.25, -0.2) is 9.78 Å². The zero-order chi connectivity index (χ0) is 20.8. The molecule has 1 unspecified atom stereocenters. The first-order valence-electron chi connectivity index (χ1n) is 10.5. The molecule has 1 atom stereocenters. The minimum absolute atomic E-state index is 0.0208. The lowest BCUT2D eigenvalue weighted by Crippen LogP contribution is -2.50. The van der Waals surface area contributed by atoms with Gasteiger partial charge in [0.15, 0.2) is 0 Å². The number of ether oxygens (including phenoxy) is 1. The molecule has 1 aromatic rings. The van der Waals surface area contributed by atoms with Gasteiger partial charge in [-0.3, -0.25) is 4.79 Å². The van der Waals surface area contributed by atoms with Crippen LogP contribution in [0.1, 0.15) is 36.0 Å². The van der Waals surface area contributed by atoms with E-state index in [0.717, 1.165) is 26.1 Å². The lowest BCUT2D eigenvalue weighted by Gasteiger charge is -2.34. The Morgan fingerprint density at radius 2 is 1.93 bits per heavy atom. The fourth-order valence-electron chi connectivity index (χ4n) is 4.11. The Kier molecular flexibility index (Phi) is 7.30. The predicted molar refractivity (Wildman–Crippen MR) is 111 cm³/mol. The van der Waals surface area contributed by atoms with Crippen LogP contribution in [0, 0.1) is 0 Å². The van der Waals surface area contributed by atoms with Crippen molar-refractivity contribution >= 4 is 11.9 Å². The number of methoxy groups -OCH3 is 1. The van der Waals surface area contributed by atoms with E-state index in [1.165, 1.54) is 19.3 Å². The van der Waals surface area contributed by atoms with E-state index >= 15 is 0 Å². The third-order valence-corrected chi connectivity index (χ3v) is 5.82. The maximum absolute atomic E-state index is 12.8. The number of piperidine rings is 1. The van der Waals surface area contributed by atoms with E-state index in [1.807, 2.05) is 9.80 Å². The molecule has 0 bridgehead atoms. The molecule has 1 aromatic heterocycles. The number of rotatable bonds is 6. The third-order valence-electron chi connectivity index (χ3n) is 5.82. The summed E-state index contributed by atoms with van der Waals surface area (Å²) in [6, 6.07) is 3.50. The highest BCUT2D eigenvalue weighted by atomic mass is 16.5. The Labute approximate surface area is 173 Å². The molecule has 29 heavy (non-hydrogen) atoms. The first-order valence-corrected chi connectivity index (χ1v) is 10.5. The van der Waals surface area contributed by atoms with Crippen molar-refractivity contribution in [1.82, 2.24) is 24.6 Å². The molecule has 0 saturated carbocycles. The van der Waals surface area contributed by atoms with E-state index in [-0.39, 0.29) is 18.0 Å². The number of urea groups is 1. The second-order valence-electron chi connectivity index (χ2n) is 8.06. The summed E-state index contributed by atoms with van der Waals surface area (Å²) < 4.78 is 5.06. The van der Waals surface area contributed by atoms with Gasteiger partial charge in [0.2, 0.25) is 5.88 Å². The number of nitrogens with zero attached hydrogens (tertiary/aromatic N) is 5. The highest BCUT2D eigenvalue weighted by Crippen LogP contribution is 2.20. The largest absolute Gasteiger partial charge is 0.481 e. The number of pyridine rings is 1. The molecule has 2 aliphatic rings. The summed E-state index contributed by atoms with van der Waals surface area (Å²) in [6.45, 7) is 5.04. The topological polar surface area (TPSA) is 69.2 Å². The molecular formula is C21H33N5O3. The SMILES string of the molecule is COc1ccc(C(=O)N2CCC(N(CCN3CCCCC3)C(=O)N(C)C)C2)cn1. The average molecular weight is 404 g/mol. The summed E-state index contributed by atoms with van der Waals surface area (Å²) in [5.41, 5.74) is 0.547. The second kappa shape index (κ2) is 9.91. The first-order chi connectivity index (χ1) is 14.0. The molecule has 0 spiro atoms. The van der Waals surface area contributed by atoms with E-state index in [0.29, 0.717) is 31.1 Å². The minimum atomic E-state index is -0.0454. The van der Waals surface area contributed by atoms with Crippen molar-refractivity contribution in [3.63, 3.8) is 0 Å². The highest BCUT2D eigenvalue weighted by Gasteiger charge is 2.34. The maximum atomic E-state index is 12.8. The zero-order valence-electron chi connectivity index (χ0n) is 17.8. The van der Waals surface area contributed by atoms with Gasteiger partial charge in [0.1, 0.15) is 0 Å². The molecule has 3 heterocycles. The van der Waals surface area contributed by atoms with E-state index in [9.17, 15) is 9.59 Å². The van der Waals surface area contributed by atoms with Gasteiger partial charge in [-0.1, -0.05) is 6.42 Å². The van der Waals surface area contributed by atoms with Gasteiger partial charge in [0.25, 0.3) is 5.91 Å². The standard InChI is InChI=1S/C21H33N5O3/c1-23(2)21(28)26(14-13-24-10-5-4-6-11-24)18-9-12-25(16-18)20(27)17-7-8-19(29-3)22-15-17/h7-8,15,18H,4-6,9-14,16H2,1-3H3. The van der Waals surface area contributed by atoms with E-state index < -0.39 is 0 Å². The number of aromatic nitrogens is 1. The Bertz CT molecular complexity index is 688. The molecular weight excluding hydrogens is 370 g/mol. The summed E-state index contributed by atoms with van der Waals surface area (Å²) in [6.07, 6.45) is 6.13. The maximum Gasteiger partial charge on any atom is 0.319 e. The number of carbonyl (C=O) groups is 2. The van der Waals surface area contributed by atoms with Crippen molar-refractivity contribution in [2.75, 3.05) is 60.5 Å². The van der Waals surface area contributed by atoms with Crippen LogP contribution in [-0.2, 0) is 0 Å². The molecule has 0 N–H and O–H groups in total. The molecule has 2 fully saturated rings. The van der Waals surface area contributed by atoms with E-state index in [1.54, 1.807) is 44.4 Å². The van der Waals surface area contributed by atoms with Crippen molar-refractivity contribution < 1.29 is 14.3 Å². The Hall–Kier alpha value is -2.35. The van der Waals surface area contributed by atoms with Crippen LogP contribution in [-0.4, -0.2) is 103 Å². The second-order valence-corrected chi connectivity index (χ2v) is 8.06. The number of amides is 3. The zero-order valence-corrected chi connectivity index (χ0v) is 17.8. The number of likely N-dealkylation sites (tertiary alicyclic amines) is 2. The van der Waals surface area contributed by atoms with Gasteiger partial charge in [-0.15, -0.1) is 0 Å². The van der Waals surface area contributed by atoms with Crippen LogP contribution in [0.4, 0.5) is 4.79 Å². The molecule has 8 nitrogen and oxygen atoms in total. The van der Waals surface area contributed by atoms with Gasteiger partial charge < -0.3 is 24.3 Å². The summed E-state index contributed by atoms with van der Waals surface area (Å²) >= 11 is 0. The number of hydrogen-bond acceptors (Lipinski definition) is 5. The first kappa shape index (κ1) is 21.4. The Morgan fingerprint density at radius 1 is 1.17 bits per heavy atom. The van der Waals surface area contributed by atoms with Crippen molar-refractivity contribution in [1.29, 1.82) is 0 Å². The summed E-state index contributed by atoms with van der Waals surface area (Å²) in [4.78, 5) is 37.7. The normalized spacial score (nSPS) is 19.8. The average Bonchev–Trinajstić information content (AvgIpc) is 3.24. The summed E-state index contributed by atoms with van der Waals surface area (Å²) in [7, 11) is 5.13. The molecule has 0 radical (unpaired) electrons. The molecule has 2 saturated heterocycles. The van der Waals surface area contributed by atoms with Gasteiger partial charge in [-0.2, -0.15) is 0 Å². The van der Waals surface area contributed by atoms with Crippen LogP contribution in [0.3, 0.4) is 0 Å². The van der Waals surface area contributed by atoms with Crippen LogP contribution in [0.5, 0.6) is 5.88 Å². The minimum Gasteiger partial charge on any atom is -0.481 e. The molecule has 3 rings (SSSR count). The van der Waals surface area contributed by atoms with Gasteiger partial charge in [-0.05, 0) is 38.4 Å². The van der Waals surface area contributed by atoms with Gasteiger partial charge in [0, 0.05) is 52.5 Å². The van der Waals surface area contributed by atoms with Crippen LogP contribution in [0.15, 0.2) is 18.3 Å². The quantitative estimate of drug-likeness (QED) is 0.724. The Morgan fingerprint density at radius 3 is 2.55 bits per heavy atom. The molecule has 3 amide bonds. The molecule has 160 valence electrons. The fourth-order valence-corrected chi connectivity index (χ4v) is 4.11. The van der Waals surface area contributed by atoms with Gasteiger partial charge >= 0.3 is 6.03 Å². The number of carbonyl (C=O) groups excluding carboxylic acids is 2.